The van der Waals surface area contributed by atoms with Gasteiger partial charge in [-0.1, -0.05) is 23.4 Å². The van der Waals surface area contributed by atoms with Crippen molar-refractivity contribution in [2.75, 3.05) is 25.1 Å². The molecule has 1 aromatic heterocycles. The van der Waals surface area contributed by atoms with Gasteiger partial charge in [-0.2, -0.15) is 0 Å². The van der Waals surface area contributed by atoms with Gasteiger partial charge in [-0.05, 0) is 38.8 Å². The van der Waals surface area contributed by atoms with E-state index in [-0.39, 0.29) is 0 Å². The normalized spacial score (nSPS) is 10.6. The third-order valence-electron chi connectivity index (χ3n) is 3.37. The number of anilines is 1. The number of aryl methyl sites for hydroxylation is 3. The zero-order chi connectivity index (χ0) is 14.5. The highest BCUT2D eigenvalue weighted by Crippen LogP contribution is 2.23. The van der Waals surface area contributed by atoms with Crippen molar-refractivity contribution in [1.29, 1.82) is 0 Å². The molecule has 0 fully saturated rings. The first-order chi connectivity index (χ1) is 9.59. The summed E-state index contributed by atoms with van der Waals surface area (Å²) in [6, 6.07) is 8.09. The van der Waals surface area contributed by atoms with Crippen LogP contribution in [0.4, 0.5) is 5.69 Å². The van der Waals surface area contributed by atoms with Crippen LogP contribution in [0.3, 0.4) is 0 Å². The third kappa shape index (κ3) is 3.32. The minimum absolute atomic E-state index is 0.707. The van der Waals surface area contributed by atoms with Crippen LogP contribution in [0.5, 0.6) is 5.75 Å². The predicted molar refractivity (Wildman–Crippen MR) is 80.5 cm³/mol. The SMILES string of the molecule is Cc1ccccc1OCCCN(C)c1c(C)noc1C. The van der Waals surface area contributed by atoms with E-state index in [1.807, 2.05) is 32.0 Å². The molecule has 0 aliphatic heterocycles. The Kier molecular flexibility index (Phi) is 4.66. The standard InChI is InChI=1S/C16H22N2O2/c1-12-8-5-6-9-15(12)19-11-7-10-18(4)16-13(2)17-20-14(16)3/h5-6,8-9H,7,10-11H2,1-4H3. The first-order valence-electron chi connectivity index (χ1n) is 6.92. The fourth-order valence-corrected chi connectivity index (χ4v) is 2.34. The predicted octanol–water partition coefficient (Wildman–Crippen LogP) is 3.51. The zero-order valence-corrected chi connectivity index (χ0v) is 12.6. The van der Waals surface area contributed by atoms with Gasteiger partial charge in [-0.15, -0.1) is 0 Å². The third-order valence-corrected chi connectivity index (χ3v) is 3.37. The fourth-order valence-electron chi connectivity index (χ4n) is 2.34. The molecule has 108 valence electrons. The number of aromatic nitrogens is 1. The molecule has 20 heavy (non-hydrogen) atoms. The van der Waals surface area contributed by atoms with Crippen LogP contribution in [-0.2, 0) is 0 Å². The Hall–Kier alpha value is -1.97. The molecule has 0 bridgehead atoms. The van der Waals surface area contributed by atoms with Gasteiger partial charge in [0.1, 0.15) is 17.1 Å². The summed E-state index contributed by atoms with van der Waals surface area (Å²) in [7, 11) is 2.06. The van der Waals surface area contributed by atoms with Crippen LogP contribution < -0.4 is 9.64 Å². The second-order valence-electron chi connectivity index (χ2n) is 5.06. The average Bonchev–Trinajstić information content (AvgIpc) is 2.76. The second kappa shape index (κ2) is 6.46. The van der Waals surface area contributed by atoms with Crippen molar-refractivity contribution < 1.29 is 9.26 Å². The molecule has 4 nitrogen and oxygen atoms in total. The molecule has 0 unspecified atom stereocenters. The number of rotatable bonds is 6. The van der Waals surface area contributed by atoms with Gasteiger partial charge in [0.2, 0.25) is 0 Å². The Morgan fingerprint density at radius 2 is 1.95 bits per heavy atom. The summed E-state index contributed by atoms with van der Waals surface area (Å²) in [5.41, 5.74) is 3.19. The van der Waals surface area contributed by atoms with E-state index in [1.54, 1.807) is 0 Å². The second-order valence-corrected chi connectivity index (χ2v) is 5.06. The Labute approximate surface area is 120 Å². The van der Waals surface area contributed by atoms with Gasteiger partial charge in [0.25, 0.3) is 0 Å². The van der Waals surface area contributed by atoms with Crippen LogP contribution in [0, 0.1) is 20.8 Å². The summed E-state index contributed by atoms with van der Waals surface area (Å²) in [6.45, 7) is 7.58. The van der Waals surface area contributed by atoms with Crippen molar-refractivity contribution in [3.63, 3.8) is 0 Å². The Balaban J connectivity index is 1.81. The lowest BCUT2D eigenvalue weighted by Crippen LogP contribution is -2.21. The van der Waals surface area contributed by atoms with E-state index in [0.717, 1.165) is 35.9 Å². The molecule has 0 spiro atoms. The van der Waals surface area contributed by atoms with Gasteiger partial charge >= 0.3 is 0 Å². The Bertz CT molecular complexity index is 544. The van der Waals surface area contributed by atoms with Crippen molar-refractivity contribution in [2.24, 2.45) is 0 Å². The summed E-state index contributed by atoms with van der Waals surface area (Å²) >= 11 is 0. The summed E-state index contributed by atoms with van der Waals surface area (Å²) in [4.78, 5) is 2.17. The van der Waals surface area contributed by atoms with Crippen molar-refractivity contribution in [3.8, 4) is 5.75 Å². The molecule has 4 heteroatoms. The molecule has 0 saturated heterocycles. The number of benzene rings is 1. The molecule has 0 saturated carbocycles. The molecule has 1 heterocycles. The molecular formula is C16H22N2O2. The maximum atomic E-state index is 5.80. The fraction of sp³-hybridized carbons (Fsp3) is 0.438. The lowest BCUT2D eigenvalue weighted by Gasteiger charge is -2.18. The lowest BCUT2D eigenvalue weighted by molar-refractivity contribution is 0.310. The number of nitrogens with zero attached hydrogens (tertiary/aromatic N) is 2. The highest BCUT2D eigenvalue weighted by atomic mass is 16.5. The number of hydrogen-bond acceptors (Lipinski definition) is 4. The number of ether oxygens (including phenoxy) is 1. The van der Waals surface area contributed by atoms with Crippen LogP contribution >= 0.6 is 0 Å². The maximum Gasteiger partial charge on any atom is 0.157 e. The largest absolute Gasteiger partial charge is 0.493 e. The minimum atomic E-state index is 0.707. The lowest BCUT2D eigenvalue weighted by atomic mass is 10.2. The maximum absolute atomic E-state index is 5.80. The first-order valence-corrected chi connectivity index (χ1v) is 6.92. The average molecular weight is 274 g/mol. The van der Waals surface area contributed by atoms with Crippen LogP contribution in [0.2, 0.25) is 0 Å². The van der Waals surface area contributed by atoms with Crippen LogP contribution in [0.1, 0.15) is 23.4 Å². The van der Waals surface area contributed by atoms with Crippen molar-refractivity contribution in [3.05, 3.63) is 41.3 Å². The minimum Gasteiger partial charge on any atom is -0.493 e. The van der Waals surface area contributed by atoms with E-state index in [2.05, 4.69) is 30.1 Å². The molecule has 0 aliphatic carbocycles. The molecule has 1 aromatic carbocycles. The summed E-state index contributed by atoms with van der Waals surface area (Å²) in [5, 5.41) is 3.98. The molecular weight excluding hydrogens is 252 g/mol. The number of hydrogen-bond donors (Lipinski definition) is 0. The quantitative estimate of drug-likeness (QED) is 0.756. The van der Waals surface area contributed by atoms with Gasteiger partial charge in [-0.3, -0.25) is 0 Å². The summed E-state index contributed by atoms with van der Waals surface area (Å²) in [6.07, 6.45) is 0.953. The van der Waals surface area contributed by atoms with E-state index in [4.69, 9.17) is 9.26 Å². The molecule has 0 atom stereocenters. The Morgan fingerprint density at radius 3 is 2.60 bits per heavy atom. The molecule has 2 rings (SSSR count). The van der Waals surface area contributed by atoms with Gasteiger partial charge in [0.15, 0.2) is 5.76 Å². The molecule has 0 aliphatic rings. The molecule has 0 radical (unpaired) electrons. The first kappa shape index (κ1) is 14.4. The van der Waals surface area contributed by atoms with Gasteiger partial charge in [-0.25, -0.2) is 0 Å². The smallest absolute Gasteiger partial charge is 0.157 e. The summed E-state index contributed by atoms with van der Waals surface area (Å²) in [5.74, 6) is 1.83. The van der Waals surface area contributed by atoms with E-state index in [0.29, 0.717) is 6.61 Å². The van der Waals surface area contributed by atoms with Crippen molar-refractivity contribution in [1.82, 2.24) is 5.16 Å². The van der Waals surface area contributed by atoms with Crippen molar-refractivity contribution in [2.45, 2.75) is 27.2 Å². The van der Waals surface area contributed by atoms with E-state index < -0.39 is 0 Å². The van der Waals surface area contributed by atoms with Crippen LogP contribution in [0.25, 0.3) is 0 Å². The van der Waals surface area contributed by atoms with Gasteiger partial charge in [0.05, 0.1) is 6.61 Å². The van der Waals surface area contributed by atoms with Gasteiger partial charge in [0, 0.05) is 13.6 Å². The van der Waals surface area contributed by atoms with E-state index in [1.165, 1.54) is 5.56 Å². The summed E-state index contributed by atoms with van der Waals surface area (Å²) < 4.78 is 11.0. The van der Waals surface area contributed by atoms with E-state index in [9.17, 15) is 0 Å². The van der Waals surface area contributed by atoms with Crippen LogP contribution in [-0.4, -0.2) is 25.4 Å². The molecule has 2 aromatic rings. The zero-order valence-electron chi connectivity index (χ0n) is 12.6. The highest BCUT2D eigenvalue weighted by molar-refractivity contribution is 5.52. The topological polar surface area (TPSA) is 38.5 Å². The van der Waals surface area contributed by atoms with E-state index >= 15 is 0 Å². The van der Waals surface area contributed by atoms with Crippen molar-refractivity contribution >= 4 is 5.69 Å². The Morgan fingerprint density at radius 1 is 1.20 bits per heavy atom. The molecule has 0 N–H and O–H groups in total. The molecule has 0 amide bonds. The van der Waals surface area contributed by atoms with Gasteiger partial charge < -0.3 is 14.2 Å². The number of para-hydroxylation sites is 1. The monoisotopic (exact) mass is 274 g/mol. The van der Waals surface area contributed by atoms with Crippen LogP contribution in [0.15, 0.2) is 28.8 Å². The highest BCUT2D eigenvalue weighted by Gasteiger charge is 2.13.